The summed E-state index contributed by atoms with van der Waals surface area (Å²) >= 11 is 0. The van der Waals surface area contributed by atoms with E-state index in [2.05, 4.69) is 15.0 Å². The summed E-state index contributed by atoms with van der Waals surface area (Å²) in [4.78, 5) is 13.1. The zero-order valence-electron chi connectivity index (χ0n) is 9.95. The van der Waals surface area contributed by atoms with Gasteiger partial charge in [0.05, 0.1) is 19.6 Å². The highest BCUT2D eigenvalue weighted by molar-refractivity contribution is 5.69. The number of rotatable bonds is 7. The summed E-state index contributed by atoms with van der Waals surface area (Å²) < 4.78 is 4.52. The zero-order valence-corrected chi connectivity index (χ0v) is 9.95. The minimum Gasteiger partial charge on any atom is -0.469 e. The predicted octanol–water partition coefficient (Wildman–Crippen LogP) is -0.404. The lowest BCUT2D eigenvalue weighted by molar-refractivity contribution is -0.140. The Kier molecular flexibility index (Phi) is 6.37. The summed E-state index contributed by atoms with van der Waals surface area (Å²) in [6.07, 6.45) is 2.48. The number of β-amino-alcohol motifs (C(OH)–C–C–N with tert-alkyl or cyclic N) is 1. The highest BCUT2D eigenvalue weighted by Gasteiger charge is 2.15. The number of carbonyl (C=O) groups excluding carboxylic acids is 1. The number of likely N-dealkylation sites (tertiary alicyclic amines) is 1. The van der Waals surface area contributed by atoms with E-state index in [1.807, 2.05) is 0 Å². The van der Waals surface area contributed by atoms with Crippen molar-refractivity contribution in [1.29, 1.82) is 0 Å². The molecule has 1 rings (SSSR count). The lowest BCUT2D eigenvalue weighted by Crippen LogP contribution is -2.37. The Morgan fingerprint density at radius 3 is 2.81 bits per heavy atom. The Hall–Kier alpha value is -0.650. The molecule has 0 amide bonds. The molecular formula is C11H22N2O3. The standard InChI is InChI=1S/C11H22N2O3/c1-16-11(15)4-5-12-8-10(14)9-13-6-2-3-7-13/h10,12,14H,2-9H2,1H3. The van der Waals surface area contributed by atoms with E-state index >= 15 is 0 Å². The van der Waals surface area contributed by atoms with Gasteiger partial charge in [0.15, 0.2) is 0 Å². The third-order valence-electron chi connectivity index (χ3n) is 2.78. The van der Waals surface area contributed by atoms with Crippen molar-refractivity contribution < 1.29 is 14.6 Å². The van der Waals surface area contributed by atoms with Gasteiger partial charge < -0.3 is 20.1 Å². The molecule has 0 aromatic rings. The molecule has 0 saturated carbocycles. The van der Waals surface area contributed by atoms with Crippen molar-refractivity contribution in [1.82, 2.24) is 10.2 Å². The zero-order chi connectivity index (χ0) is 11.8. The molecule has 5 heteroatoms. The molecule has 0 spiro atoms. The van der Waals surface area contributed by atoms with Gasteiger partial charge in [-0.25, -0.2) is 0 Å². The Balaban J connectivity index is 1.97. The number of carbonyl (C=O) groups is 1. The summed E-state index contributed by atoms with van der Waals surface area (Å²) in [6, 6.07) is 0. The smallest absolute Gasteiger partial charge is 0.306 e. The molecule has 0 aromatic carbocycles. The van der Waals surface area contributed by atoms with E-state index in [0.717, 1.165) is 19.6 Å². The van der Waals surface area contributed by atoms with Crippen LogP contribution in [-0.2, 0) is 9.53 Å². The van der Waals surface area contributed by atoms with Crippen LogP contribution in [0.5, 0.6) is 0 Å². The molecule has 94 valence electrons. The minimum absolute atomic E-state index is 0.221. The molecular weight excluding hydrogens is 208 g/mol. The first kappa shape index (κ1) is 13.4. The summed E-state index contributed by atoms with van der Waals surface area (Å²) in [6.45, 7) is 4.01. The fraction of sp³-hybridized carbons (Fsp3) is 0.909. The average molecular weight is 230 g/mol. The molecule has 1 unspecified atom stereocenters. The maximum absolute atomic E-state index is 10.8. The molecule has 0 aromatic heterocycles. The summed E-state index contributed by atoms with van der Waals surface area (Å²) in [7, 11) is 1.38. The van der Waals surface area contributed by atoms with Gasteiger partial charge in [0, 0.05) is 19.6 Å². The Morgan fingerprint density at radius 2 is 2.19 bits per heavy atom. The van der Waals surface area contributed by atoms with Gasteiger partial charge in [-0.2, -0.15) is 0 Å². The van der Waals surface area contributed by atoms with E-state index in [1.165, 1.54) is 20.0 Å². The van der Waals surface area contributed by atoms with Crippen LogP contribution in [0.4, 0.5) is 0 Å². The van der Waals surface area contributed by atoms with E-state index in [1.54, 1.807) is 0 Å². The number of nitrogens with zero attached hydrogens (tertiary/aromatic N) is 1. The molecule has 1 saturated heterocycles. The third-order valence-corrected chi connectivity index (χ3v) is 2.78. The Morgan fingerprint density at radius 1 is 1.50 bits per heavy atom. The number of esters is 1. The number of nitrogens with one attached hydrogen (secondary N) is 1. The number of ether oxygens (including phenoxy) is 1. The number of aliphatic hydroxyl groups excluding tert-OH is 1. The second-order valence-corrected chi connectivity index (χ2v) is 4.19. The minimum atomic E-state index is -0.351. The normalized spacial score (nSPS) is 18.6. The van der Waals surface area contributed by atoms with Gasteiger partial charge in [-0.3, -0.25) is 4.79 Å². The van der Waals surface area contributed by atoms with Crippen molar-refractivity contribution in [3.63, 3.8) is 0 Å². The summed E-state index contributed by atoms with van der Waals surface area (Å²) in [5.41, 5.74) is 0. The first-order valence-corrected chi connectivity index (χ1v) is 5.90. The molecule has 1 aliphatic rings. The molecule has 1 fully saturated rings. The van der Waals surface area contributed by atoms with E-state index in [-0.39, 0.29) is 12.1 Å². The van der Waals surface area contributed by atoms with E-state index in [0.29, 0.717) is 19.5 Å². The SMILES string of the molecule is COC(=O)CCNCC(O)CN1CCCC1. The van der Waals surface area contributed by atoms with Crippen LogP contribution < -0.4 is 5.32 Å². The van der Waals surface area contributed by atoms with Crippen molar-refractivity contribution in [2.45, 2.75) is 25.4 Å². The van der Waals surface area contributed by atoms with Crippen LogP contribution in [0.2, 0.25) is 0 Å². The van der Waals surface area contributed by atoms with Crippen molar-refractivity contribution in [3.05, 3.63) is 0 Å². The van der Waals surface area contributed by atoms with Crippen LogP contribution in [0.3, 0.4) is 0 Å². The maximum atomic E-state index is 10.8. The molecule has 1 heterocycles. The second-order valence-electron chi connectivity index (χ2n) is 4.19. The highest BCUT2D eigenvalue weighted by Crippen LogP contribution is 2.07. The predicted molar refractivity (Wildman–Crippen MR) is 61.2 cm³/mol. The third kappa shape index (κ3) is 5.44. The van der Waals surface area contributed by atoms with Crippen molar-refractivity contribution >= 4 is 5.97 Å². The van der Waals surface area contributed by atoms with E-state index in [4.69, 9.17) is 0 Å². The number of aliphatic hydroxyl groups is 1. The first-order chi connectivity index (χ1) is 7.72. The van der Waals surface area contributed by atoms with Gasteiger partial charge in [-0.15, -0.1) is 0 Å². The van der Waals surface area contributed by atoms with E-state index < -0.39 is 0 Å². The topological polar surface area (TPSA) is 61.8 Å². The van der Waals surface area contributed by atoms with Gasteiger partial charge in [0.25, 0.3) is 0 Å². The molecule has 0 bridgehead atoms. The van der Waals surface area contributed by atoms with Crippen molar-refractivity contribution in [3.8, 4) is 0 Å². The first-order valence-electron chi connectivity index (χ1n) is 5.90. The van der Waals surface area contributed by atoms with Crippen LogP contribution in [0, 0.1) is 0 Å². The Labute approximate surface area is 96.8 Å². The molecule has 0 aliphatic carbocycles. The molecule has 0 radical (unpaired) electrons. The molecule has 1 atom stereocenters. The van der Waals surface area contributed by atoms with Gasteiger partial charge in [-0.05, 0) is 25.9 Å². The van der Waals surface area contributed by atoms with Crippen LogP contribution in [0.25, 0.3) is 0 Å². The maximum Gasteiger partial charge on any atom is 0.306 e. The van der Waals surface area contributed by atoms with Crippen molar-refractivity contribution in [2.75, 3.05) is 39.8 Å². The molecule has 5 nitrogen and oxygen atoms in total. The summed E-state index contributed by atoms with van der Waals surface area (Å²) in [5, 5.41) is 12.8. The highest BCUT2D eigenvalue weighted by atomic mass is 16.5. The Bertz CT molecular complexity index is 205. The second kappa shape index (κ2) is 7.60. The number of hydrogen-bond donors (Lipinski definition) is 2. The van der Waals surface area contributed by atoms with E-state index in [9.17, 15) is 9.90 Å². The van der Waals surface area contributed by atoms with Gasteiger partial charge in [-0.1, -0.05) is 0 Å². The van der Waals surface area contributed by atoms with Gasteiger partial charge in [0.2, 0.25) is 0 Å². The van der Waals surface area contributed by atoms with Crippen LogP contribution in [-0.4, -0.2) is 61.9 Å². The largest absolute Gasteiger partial charge is 0.469 e. The van der Waals surface area contributed by atoms with Crippen molar-refractivity contribution in [2.24, 2.45) is 0 Å². The lowest BCUT2D eigenvalue weighted by Gasteiger charge is -2.19. The number of hydrogen-bond acceptors (Lipinski definition) is 5. The summed E-state index contributed by atoms with van der Waals surface area (Å²) in [5.74, 6) is -0.221. The fourth-order valence-corrected chi connectivity index (χ4v) is 1.89. The van der Waals surface area contributed by atoms with Gasteiger partial charge in [0.1, 0.15) is 0 Å². The molecule has 2 N–H and O–H groups in total. The molecule has 1 aliphatic heterocycles. The quantitative estimate of drug-likeness (QED) is 0.460. The number of methoxy groups -OCH3 is 1. The van der Waals surface area contributed by atoms with Crippen LogP contribution in [0.1, 0.15) is 19.3 Å². The average Bonchev–Trinajstić information content (AvgIpc) is 2.76. The fourth-order valence-electron chi connectivity index (χ4n) is 1.89. The molecule has 16 heavy (non-hydrogen) atoms. The van der Waals surface area contributed by atoms with Crippen LogP contribution >= 0.6 is 0 Å². The monoisotopic (exact) mass is 230 g/mol. The lowest BCUT2D eigenvalue weighted by atomic mass is 10.3. The van der Waals surface area contributed by atoms with Crippen LogP contribution in [0.15, 0.2) is 0 Å². The van der Waals surface area contributed by atoms with Gasteiger partial charge >= 0.3 is 5.97 Å².